The Morgan fingerprint density at radius 1 is 1.50 bits per heavy atom. The lowest BCUT2D eigenvalue weighted by Crippen LogP contribution is -1.93. The third-order valence-corrected chi connectivity index (χ3v) is 2.69. The van der Waals surface area contributed by atoms with Crippen LogP contribution >= 0.6 is 0 Å². The molecular formula is C11H15N. The van der Waals surface area contributed by atoms with Gasteiger partial charge in [0.15, 0.2) is 0 Å². The van der Waals surface area contributed by atoms with Gasteiger partial charge in [-0.3, -0.25) is 4.98 Å². The predicted octanol–water partition coefficient (Wildman–Crippen LogP) is 2.59. The van der Waals surface area contributed by atoms with Crippen LogP contribution in [0.4, 0.5) is 0 Å². The number of nitrogens with zero attached hydrogens (tertiary/aromatic N) is 1. The van der Waals surface area contributed by atoms with Crippen molar-refractivity contribution in [2.75, 3.05) is 0 Å². The van der Waals surface area contributed by atoms with Crippen LogP contribution in [0.3, 0.4) is 0 Å². The zero-order valence-corrected chi connectivity index (χ0v) is 7.75. The second kappa shape index (κ2) is 2.89. The molecule has 0 amide bonds. The number of hydrogen-bond acceptors (Lipinski definition) is 1. The Hall–Kier alpha value is -0.850. The number of aromatic nitrogens is 1. The van der Waals surface area contributed by atoms with Crippen LogP contribution in [0.5, 0.6) is 0 Å². The molecule has 1 aliphatic carbocycles. The molecule has 0 saturated heterocycles. The summed E-state index contributed by atoms with van der Waals surface area (Å²) >= 11 is 0. The third-order valence-electron chi connectivity index (χ3n) is 2.69. The van der Waals surface area contributed by atoms with Crippen LogP contribution < -0.4 is 0 Å². The Bertz CT molecular complexity index is 280. The van der Waals surface area contributed by atoms with E-state index in [9.17, 15) is 0 Å². The lowest BCUT2D eigenvalue weighted by atomic mass is 10.2. The van der Waals surface area contributed by atoms with E-state index in [0.717, 1.165) is 17.5 Å². The molecule has 1 aromatic rings. The molecule has 0 radical (unpaired) electrons. The van der Waals surface area contributed by atoms with E-state index >= 15 is 0 Å². The summed E-state index contributed by atoms with van der Waals surface area (Å²) in [5.41, 5.74) is 2.41. The van der Waals surface area contributed by atoms with Crippen molar-refractivity contribution < 1.29 is 0 Å². The average molecular weight is 161 g/mol. The SMILES string of the molecule is Cc1cccc(CC2CC2C)n1. The fraction of sp³-hybridized carbons (Fsp3) is 0.545. The summed E-state index contributed by atoms with van der Waals surface area (Å²) in [4.78, 5) is 4.49. The van der Waals surface area contributed by atoms with Crippen molar-refractivity contribution in [3.63, 3.8) is 0 Å². The molecule has 0 aromatic carbocycles. The van der Waals surface area contributed by atoms with Crippen LogP contribution in [0.1, 0.15) is 24.7 Å². The second-order valence-electron chi connectivity index (χ2n) is 3.95. The first-order valence-electron chi connectivity index (χ1n) is 4.68. The van der Waals surface area contributed by atoms with Gasteiger partial charge in [-0.05, 0) is 43.7 Å². The number of hydrogen-bond donors (Lipinski definition) is 0. The maximum absolute atomic E-state index is 4.49. The molecule has 0 N–H and O–H groups in total. The van der Waals surface area contributed by atoms with Gasteiger partial charge in [0.2, 0.25) is 0 Å². The molecule has 1 heteroatoms. The molecule has 1 aliphatic rings. The van der Waals surface area contributed by atoms with E-state index in [1.165, 1.54) is 18.5 Å². The smallest absolute Gasteiger partial charge is 0.0409 e. The number of pyridine rings is 1. The molecule has 1 aromatic heterocycles. The average Bonchev–Trinajstić information content (AvgIpc) is 2.66. The second-order valence-corrected chi connectivity index (χ2v) is 3.95. The number of rotatable bonds is 2. The molecule has 1 fully saturated rings. The quantitative estimate of drug-likeness (QED) is 0.649. The van der Waals surface area contributed by atoms with Gasteiger partial charge in [0, 0.05) is 11.4 Å². The van der Waals surface area contributed by atoms with E-state index in [1.54, 1.807) is 0 Å². The topological polar surface area (TPSA) is 12.9 Å². The van der Waals surface area contributed by atoms with Crippen LogP contribution in [0.2, 0.25) is 0 Å². The lowest BCUT2D eigenvalue weighted by Gasteiger charge is -1.99. The van der Waals surface area contributed by atoms with Crippen LogP contribution in [0.25, 0.3) is 0 Å². The maximum Gasteiger partial charge on any atom is 0.0409 e. The molecular weight excluding hydrogens is 146 g/mol. The fourth-order valence-electron chi connectivity index (χ4n) is 1.67. The lowest BCUT2D eigenvalue weighted by molar-refractivity contribution is 0.728. The molecule has 1 nitrogen and oxygen atoms in total. The fourth-order valence-corrected chi connectivity index (χ4v) is 1.67. The molecule has 12 heavy (non-hydrogen) atoms. The normalized spacial score (nSPS) is 27.2. The van der Waals surface area contributed by atoms with Crippen LogP contribution in [-0.2, 0) is 6.42 Å². The molecule has 0 bridgehead atoms. The monoisotopic (exact) mass is 161 g/mol. The van der Waals surface area contributed by atoms with E-state index in [1.807, 2.05) is 0 Å². The van der Waals surface area contributed by atoms with E-state index in [2.05, 4.69) is 37.0 Å². The van der Waals surface area contributed by atoms with E-state index in [0.29, 0.717) is 0 Å². The zero-order valence-electron chi connectivity index (χ0n) is 7.75. The summed E-state index contributed by atoms with van der Waals surface area (Å²) in [6.45, 7) is 4.38. The molecule has 2 atom stereocenters. The Kier molecular flexibility index (Phi) is 1.87. The summed E-state index contributed by atoms with van der Waals surface area (Å²) in [5, 5.41) is 0. The Morgan fingerprint density at radius 2 is 2.25 bits per heavy atom. The van der Waals surface area contributed by atoms with Gasteiger partial charge in [-0.2, -0.15) is 0 Å². The molecule has 1 heterocycles. The van der Waals surface area contributed by atoms with Gasteiger partial charge >= 0.3 is 0 Å². The zero-order chi connectivity index (χ0) is 8.55. The van der Waals surface area contributed by atoms with E-state index < -0.39 is 0 Å². The highest BCUT2D eigenvalue weighted by molar-refractivity contribution is 5.11. The van der Waals surface area contributed by atoms with Gasteiger partial charge in [0.1, 0.15) is 0 Å². The van der Waals surface area contributed by atoms with Crippen molar-refractivity contribution >= 4 is 0 Å². The molecule has 0 spiro atoms. The van der Waals surface area contributed by atoms with Crippen molar-refractivity contribution in [1.29, 1.82) is 0 Å². The standard InChI is InChI=1S/C11H15N/c1-8-6-10(8)7-11-5-3-4-9(2)12-11/h3-5,8,10H,6-7H2,1-2H3. The molecule has 64 valence electrons. The van der Waals surface area contributed by atoms with Crippen molar-refractivity contribution in [1.82, 2.24) is 4.98 Å². The highest BCUT2D eigenvalue weighted by atomic mass is 14.7. The predicted molar refractivity (Wildman–Crippen MR) is 49.9 cm³/mol. The van der Waals surface area contributed by atoms with Crippen molar-refractivity contribution in [3.05, 3.63) is 29.6 Å². The summed E-state index contributed by atoms with van der Waals surface area (Å²) in [5.74, 6) is 1.85. The minimum atomic E-state index is 0.916. The summed E-state index contributed by atoms with van der Waals surface area (Å²) in [7, 11) is 0. The third kappa shape index (κ3) is 1.66. The minimum absolute atomic E-state index is 0.916. The van der Waals surface area contributed by atoms with E-state index in [4.69, 9.17) is 0 Å². The van der Waals surface area contributed by atoms with Gasteiger partial charge in [-0.25, -0.2) is 0 Å². The summed E-state index contributed by atoms with van der Waals surface area (Å²) in [6, 6.07) is 6.29. The first-order chi connectivity index (χ1) is 5.75. The molecule has 0 aliphatic heterocycles. The highest BCUT2D eigenvalue weighted by Crippen LogP contribution is 2.39. The molecule has 2 unspecified atom stereocenters. The van der Waals surface area contributed by atoms with Crippen LogP contribution in [0.15, 0.2) is 18.2 Å². The summed E-state index contributed by atoms with van der Waals surface area (Å²) < 4.78 is 0. The Balaban J connectivity index is 2.03. The largest absolute Gasteiger partial charge is 0.258 e. The minimum Gasteiger partial charge on any atom is -0.258 e. The van der Waals surface area contributed by atoms with Gasteiger partial charge in [0.25, 0.3) is 0 Å². The van der Waals surface area contributed by atoms with E-state index in [-0.39, 0.29) is 0 Å². The maximum atomic E-state index is 4.49. The van der Waals surface area contributed by atoms with Crippen molar-refractivity contribution in [3.8, 4) is 0 Å². The number of aryl methyl sites for hydroxylation is 1. The Labute approximate surface area is 73.8 Å². The van der Waals surface area contributed by atoms with Gasteiger partial charge in [-0.1, -0.05) is 13.0 Å². The van der Waals surface area contributed by atoms with Crippen molar-refractivity contribution in [2.45, 2.75) is 26.7 Å². The first kappa shape index (κ1) is 7.78. The van der Waals surface area contributed by atoms with Crippen LogP contribution in [-0.4, -0.2) is 4.98 Å². The van der Waals surface area contributed by atoms with Gasteiger partial charge in [-0.15, -0.1) is 0 Å². The molecule has 2 rings (SSSR count). The van der Waals surface area contributed by atoms with Gasteiger partial charge < -0.3 is 0 Å². The van der Waals surface area contributed by atoms with Crippen molar-refractivity contribution in [2.24, 2.45) is 11.8 Å². The Morgan fingerprint density at radius 3 is 2.83 bits per heavy atom. The van der Waals surface area contributed by atoms with Crippen LogP contribution in [0, 0.1) is 18.8 Å². The highest BCUT2D eigenvalue weighted by Gasteiger charge is 2.32. The van der Waals surface area contributed by atoms with Gasteiger partial charge in [0.05, 0.1) is 0 Å². The first-order valence-corrected chi connectivity index (χ1v) is 4.68. The molecule has 1 saturated carbocycles. The summed E-state index contributed by atoms with van der Waals surface area (Å²) in [6.07, 6.45) is 2.58.